The summed E-state index contributed by atoms with van der Waals surface area (Å²) in [7, 11) is 0. The third-order valence-electron chi connectivity index (χ3n) is 3.72. The van der Waals surface area contributed by atoms with Crippen LogP contribution in [-0.4, -0.2) is 17.6 Å². The maximum Gasteiger partial charge on any atom is 0.324 e. The summed E-state index contributed by atoms with van der Waals surface area (Å²) in [5, 5.41) is 5.50. The molecule has 2 aromatic carbocycles. The summed E-state index contributed by atoms with van der Waals surface area (Å²) in [6.07, 6.45) is 1.76. The van der Waals surface area contributed by atoms with Crippen molar-refractivity contribution in [1.29, 1.82) is 0 Å². The number of hydrogen-bond donors (Lipinski definition) is 2. The molecule has 2 N–H and O–H groups in total. The Morgan fingerprint density at radius 3 is 2.16 bits per heavy atom. The predicted molar refractivity (Wildman–Crippen MR) is 102 cm³/mol. The lowest BCUT2D eigenvalue weighted by Crippen LogP contribution is -2.20. The number of amides is 2. The van der Waals surface area contributed by atoms with Crippen molar-refractivity contribution < 1.29 is 4.79 Å². The molecule has 0 atom stereocenters. The molecule has 1 aromatic heterocycles. The van der Waals surface area contributed by atoms with Crippen molar-refractivity contribution >= 4 is 28.9 Å². The van der Waals surface area contributed by atoms with E-state index in [1.165, 1.54) is 0 Å². The van der Waals surface area contributed by atoms with Crippen molar-refractivity contribution in [1.82, 2.24) is 4.98 Å². The molecule has 0 fully saturated rings. The molecule has 5 nitrogen and oxygen atoms in total. The number of pyridine rings is 1. The van der Waals surface area contributed by atoms with Gasteiger partial charge < -0.3 is 10.2 Å². The van der Waals surface area contributed by atoms with Crippen molar-refractivity contribution in [2.45, 2.75) is 6.92 Å². The van der Waals surface area contributed by atoms with Crippen LogP contribution in [0.25, 0.3) is 0 Å². The number of para-hydroxylation sites is 2. The molecule has 0 saturated carbocycles. The van der Waals surface area contributed by atoms with Gasteiger partial charge in [0.2, 0.25) is 0 Å². The highest BCUT2D eigenvalue weighted by atomic mass is 16.2. The molecule has 5 heteroatoms. The highest BCUT2D eigenvalue weighted by Crippen LogP contribution is 2.24. The fourth-order valence-electron chi connectivity index (χ4n) is 2.54. The Balaban J connectivity index is 1.66. The van der Waals surface area contributed by atoms with Crippen LogP contribution in [0.4, 0.5) is 27.7 Å². The molecule has 0 unspecified atom stereocenters. The fraction of sp³-hybridized carbons (Fsp3) is 0.100. The maximum absolute atomic E-state index is 12.0. The van der Waals surface area contributed by atoms with Gasteiger partial charge in [-0.15, -0.1) is 0 Å². The van der Waals surface area contributed by atoms with Crippen LogP contribution < -0.4 is 15.5 Å². The van der Waals surface area contributed by atoms with Crippen LogP contribution in [0.15, 0.2) is 79.0 Å². The van der Waals surface area contributed by atoms with Gasteiger partial charge in [0.05, 0.1) is 11.9 Å². The average molecular weight is 332 g/mol. The van der Waals surface area contributed by atoms with Crippen LogP contribution in [0, 0.1) is 0 Å². The number of carbonyl (C=O) groups excluding carboxylic acids is 1. The van der Waals surface area contributed by atoms with Gasteiger partial charge in [-0.3, -0.25) is 5.32 Å². The van der Waals surface area contributed by atoms with Gasteiger partial charge in [0.25, 0.3) is 0 Å². The molecule has 0 radical (unpaired) electrons. The minimum Gasteiger partial charge on any atom is -0.341 e. The Kier molecular flexibility index (Phi) is 5.26. The Morgan fingerprint density at radius 1 is 0.880 bits per heavy atom. The normalized spacial score (nSPS) is 10.1. The van der Waals surface area contributed by atoms with E-state index >= 15 is 0 Å². The summed E-state index contributed by atoms with van der Waals surface area (Å²) in [6.45, 7) is 2.92. The number of nitrogens with one attached hydrogen (secondary N) is 2. The second-order valence-corrected chi connectivity index (χ2v) is 5.43. The first-order valence-electron chi connectivity index (χ1n) is 8.18. The summed E-state index contributed by atoms with van der Waals surface area (Å²) >= 11 is 0. The van der Waals surface area contributed by atoms with E-state index in [1.54, 1.807) is 12.3 Å². The lowest BCUT2D eigenvalue weighted by Gasteiger charge is -2.23. The second kappa shape index (κ2) is 7.97. The van der Waals surface area contributed by atoms with Crippen LogP contribution in [0.5, 0.6) is 0 Å². The topological polar surface area (TPSA) is 57.3 Å². The SMILES string of the molecule is CCN(c1ccccc1)c1ccc(NC(=O)Nc2ccccc2)nc1. The molecule has 2 amide bonds. The van der Waals surface area contributed by atoms with Crippen molar-refractivity contribution in [2.75, 3.05) is 22.1 Å². The van der Waals surface area contributed by atoms with Gasteiger partial charge >= 0.3 is 6.03 Å². The second-order valence-electron chi connectivity index (χ2n) is 5.43. The number of hydrogen-bond acceptors (Lipinski definition) is 3. The molecule has 0 aliphatic rings. The Hall–Kier alpha value is -3.34. The Labute approximate surface area is 147 Å². The average Bonchev–Trinajstić information content (AvgIpc) is 2.65. The first-order valence-corrected chi connectivity index (χ1v) is 8.18. The molecule has 3 aromatic rings. The molecule has 0 bridgehead atoms. The van der Waals surface area contributed by atoms with Gasteiger partial charge in [-0.1, -0.05) is 36.4 Å². The quantitative estimate of drug-likeness (QED) is 0.700. The zero-order valence-electron chi connectivity index (χ0n) is 14.0. The summed E-state index contributed by atoms with van der Waals surface area (Å²) in [5.74, 6) is 0.501. The van der Waals surface area contributed by atoms with E-state index in [9.17, 15) is 4.79 Å². The molecule has 126 valence electrons. The number of anilines is 4. The third-order valence-corrected chi connectivity index (χ3v) is 3.72. The molecule has 3 rings (SSSR count). The first kappa shape index (κ1) is 16.5. The predicted octanol–water partition coefficient (Wildman–Crippen LogP) is 4.88. The Morgan fingerprint density at radius 2 is 1.56 bits per heavy atom. The van der Waals surface area contributed by atoms with Crippen LogP contribution in [-0.2, 0) is 0 Å². The molecule has 25 heavy (non-hydrogen) atoms. The molecule has 0 aliphatic heterocycles. The first-order chi connectivity index (χ1) is 12.3. The highest BCUT2D eigenvalue weighted by Gasteiger charge is 2.08. The van der Waals surface area contributed by atoms with Gasteiger partial charge in [0.1, 0.15) is 5.82 Å². The lowest BCUT2D eigenvalue weighted by molar-refractivity contribution is 0.262. The van der Waals surface area contributed by atoms with Gasteiger partial charge in [-0.25, -0.2) is 9.78 Å². The van der Waals surface area contributed by atoms with Crippen LogP contribution >= 0.6 is 0 Å². The van der Waals surface area contributed by atoms with E-state index in [1.807, 2.05) is 54.6 Å². The van der Waals surface area contributed by atoms with Gasteiger partial charge in [-0.05, 0) is 43.3 Å². The summed E-state index contributed by atoms with van der Waals surface area (Å²) in [4.78, 5) is 18.5. The van der Waals surface area contributed by atoms with Gasteiger partial charge in [0, 0.05) is 17.9 Å². The van der Waals surface area contributed by atoms with E-state index in [0.717, 1.165) is 23.6 Å². The van der Waals surface area contributed by atoms with Crippen LogP contribution in [0.2, 0.25) is 0 Å². The minimum absolute atomic E-state index is 0.318. The number of urea groups is 1. The summed E-state index contributed by atoms with van der Waals surface area (Å²) in [6, 6.07) is 22.8. The standard InChI is InChI=1S/C20H20N4O/c1-2-24(17-11-7-4-8-12-17)18-13-14-19(21-15-18)23-20(25)22-16-9-5-3-6-10-16/h3-15H,2H2,1H3,(H2,21,22,23,25). The van der Waals surface area contributed by atoms with Crippen LogP contribution in [0.3, 0.4) is 0 Å². The largest absolute Gasteiger partial charge is 0.341 e. The summed E-state index contributed by atoms with van der Waals surface area (Å²) < 4.78 is 0. The number of nitrogens with zero attached hydrogens (tertiary/aromatic N) is 2. The zero-order valence-corrected chi connectivity index (χ0v) is 14.0. The number of benzene rings is 2. The van der Waals surface area contributed by atoms with Gasteiger partial charge in [0.15, 0.2) is 0 Å². The van der Waals surface area contributed by atoms with E-state index < -0.39 is 0 Å². The maximum atomic E-state index is 12.0. The third kappa shape index (κ3) is 4.35. The molecular weight excluding hydrogens is 312 g/mol. The van der Waals surface area contributed by atoms with E-state index in [2.05, 4.69) is 39.6 Å². The zero-order chi connectivity index (χ0) is 17.5. The van der Waals surface area contributed by atoms with E-state index in [0.29, 0.717) is 5.82 Å². The molecule has 0 saturated heterocycles. The molecule has 0 spiro atoms. The fourth-order valence-corrected chi connectivity index (χ4v) is 2.54. The smallest absolute Gasteiger partial charge is 0.324 e. The van der Waals surface area contributed by atoms with Gasteiger partial charge in [-0.2, -0.15) is 0 Å². The number of aromatic nitrogens is 1. The van der Waals surface area contributed by atoms with Crippen LogP contribution in [0.1, 0.15) is 6.92 Å². The van der Waals surface area contributed by atoms with Crippen molar-refractivity contribution in [3.8, 4) is 0 Å². The monoisotopic (exact) mass is 332 g/mol. The van der Waals surface area contributed by atoms with Crippen molar-refractivity contribution in [3.63, 3.8) is 0 Å². The Bertz CT molecular complexity index is 804. The van der Waals surface area contributed by atoms with Crippen molar-refractivity contribution in [2.24, 2.45) is 0 Å². The van der Waals surface area contributed by atoms with E-state index in [-0.39, 0.29) is 6.03 Å². The molecular formula is C20H20N4O. The lowest BCUT2D eigenvalue weighted by atomic mass is 10.2. The molecule has 1 heterocycles. The van der Waals surface area contributed by atoms with Crippen molar-refractivity contribution in [3.05, 3.63) is 79.0 Å². The number of rotatable bonds is 5. The minimum atomic E-state index is -0.318. The highest BCUT2D eigenvalue weighted by molar-refractivity contribution is 5.99. The van der Waals surface area contributed by atoms with E-state index in [4.69, 9.17) is 0 Å². The molecule has 0 aliphatic carbocycles. The number of carbonyl (C=O) groups is 1. The summed E-state index contributed by atoms with van der Waals surface area (Å²) in [5.41, 5.74) is 2.81.